The normalized spacial score (nSPS) is 14.4. The molecule has 1 amide bonds. The molecule has 2 aromatic rings. The number of hydrogen-bond acceptors (Lipinski definition) is 5. The maximum absolute atomic E-state index is 12.0. The fraction of sp³-hybridized carbons (Fsp3) is 0.476. The molecule has 7 heteroatoms. The quantitative estimate of drug-likeness (QED) is 0.742. The van der Waals surface area contributed by atoms with Crippen molar-refractivity contribution in [1.82, 2.24) is 14.9 Å². The van der Waals surface area contributed by atoms with E-state index in [0.717, 1.165) is 41.6 Å². The van der Waals surface area contributed by atoms with Gasteiger partial charge >= 0.3 is 0 Å². The van der Waals surface area contributed by atoms with Crippen molar-refractivity contribution in [2.45, 2.75) is 33.3 Å². The smallest absolute Gasteiger partial charge is 0.222 e. The standard InChI is InChI=1S/C21H27ClN4O2/c1-4-20(27)25-8-10-26(11-9-25)21-18(13-16-6-5-7-17(22)12-16)19(14-28-3)23-15(2)24-21/h5-7,12H,4,8-11,13-14H2,1-3H3. The minimum atomic E-state index is 0.206. The van der Waals surface area contributed by atoms with E-state index in [9.17, 15) is 4.79 Å². The number of anilines is 1. The lowest BCUT2D eigenvalue weighted by Gasteiger charge is -2.36. The fourth-order valence-corrected chi connectivity index (χ4v) is 3.79. The number of piperazine rings is 1. The van der Waals surface area contributed by atoms with Gasteiger partial charge in [0.1, 0.15) is 11.6 Å². The van der Waals surface area contributed by atoms with Gasteiger partial charge in [-0.15, -0.1) is 0 Å². The third kappa shape index (κ3) is 4.80. The largest absolute Gasteiger partial charge is 0.378 e. The van der Waals surface area contributed by atoms with E-state index in [1.165, 1.54) is 0 Å². The second kappa shape index (κ2) is 9.34. The first-order valence-electron chi connectivity index (χ1n) is 9.64. The molecule has 0 saturated carbocycles. The van der Waals surface area contributed by atoms with Crippen LogP contribution in [0, 0.1) is 6.92 Å². The number of nitrogens with zero attached hydrogens (tertiary/aromatic N) is 4. The Morgan fingerprint density at radius 2 is 1.96 bits per heavy atom. The Hall–Kier alpha value is -2.18. The van der Waals surface area contributed by atoms with Crippen LogP contribution in [0.4, 0.5) is 5.82 Å². The third-order valence-electron chi connectivity index (χ3n) is 4.97. The summed E-state index contributed by atoms with van der Waals surface area (Å²) in [6.45, 7) is 7.19. The maximum Gasteiger partial charge on any atom is 0.222 e. The van der Waals surface area contributed by atoms with Crippen LogP contribution in [0.25, 0.3) is 0 Å². The van der Waals surface area contributed by atoms with Crippen molar-refractivity contribution in [2.75, 3.05) is 38.2 Å². The molecule has 28 heavy (non-hydrogen) atoms. The molecule has 1 aliphatic rings. The number of aryl methyl sites for hydroxylation is 1. The summed E-state index contributed by atoms with van der Waals surface area (Å²) in [5.74, 6) is 1.87. The number of rotatable bonds is 6. The maximum atomic E-state index is 12.0. The summed E-state index contributed by atoms with van der Waals surface area (Å²) >= 11 is 6.18. The SMILES string of the molecule is CCC(=O)N1CCN(c2nc(C)nc(COC)c2Cc2cccc(Cl)c2)CC1. The number of ether oxygens (including phenoxy) is 1. The molecule has 0 N–H and O–H groups in total. The molecule has 3 rings (SSSR count). The number of methoxy groups -OCH3 is 1. The van der Waals surface area contributed by atoms with Crippen LogP contribution in [0.3, 0.4) is 0 Å². The van der Waals surface area contributed by atoms with Gasteiger partial charge in [-0.1, -0.05) is 30.7 Å². The Morgan fingerprint density at radius 3 is 2.61 bits per heavy atom. The number of carbonyl (C=O) groups excluding carboxylic acids is 1. The van der Waals surface area contributed by atoms with E-state index in [0.29, 0.717) is 37.6 Å². The van der Waals surface area contributed by atoms with Gasteiger partial charge < -0.3 is 14.5 Å². The lowest BCUT2D eigenvalue weighted by atomic mass is 10.0. The Morgan fingerprint density at radius 1 is 1.21 bits per heavy atom. The highest BCUT2D eigenvalue weighted by Gasteiger charge is 2.24. The Balaban J connectivity index is 1.92. The Bertz CT molecular complexity index is 835. The summed E-state index contributed by atoms with van der Waals surface area (Å²) < 4.78 is 5.40. The molecule has 0 aliphatic carbocycles. The van der Waals surface area contributed by atoms with Crippen LogP contribution in [0.5, 0.6) is 0 Å². The number of amides is 1. The second-order valence-electron chi connectivity index (χ2n) is 6.98. The number of halogens is 1. The summed E-state index contributed by atoms with van der Waals surface area (Å²) in [6, 6.07) is 7.86. The lowest BCUT2D eigenvalue weighted by molar-refractivity contribution is -0.131. The van der Waals surface area contributed by atoms with E-state index in [-0.39, 0.29) is 5.91 Å². The highest BCUT2D eigenvalue weighted by molar-refractivity contribution is 6.30. The number of hydrogen-bond donors (Lipinski definition) is 0. The van der Waals surface area contributed by atoms with Gasteiger partial charge in [-0.05, 0) is 24.6 Å². The number of aromatic nitrogens is 2. The predicted molar refractivity (Wildman–Crippen MR) is 111 cm³/mol. The van der Waals surface area contributed by atoms with Crippen LogP contribution >= 0.6 is 11.6 Å². The molecule has 1 fully saturated rings. The molecular formula is C21H27ClN4O2. The van der Waals surface area contributed by atoms with Gasteiger partial charge in [0.25, 0.3) is 0 Å². The molecule has 1 saturated heterocycles. The van der Waals surface area contributed by atoms with Crippen LogP contribution in [-0.2, 0) is 22.6 Å². The topological polar surface area (TPSA) is 58.6 Å². The predicted octanol–water partition coefficient (Wildman–Crippen LogP) is 3.23. The van der Waals surface area contributed by atoms with Gasteiger partial charge in [-0.3, -0.25) is 4.79 Å². The van der Waals surface area contributed by atoms with Gasteiger partial charge in [-0.2, -0.15) is 0 Å². The molecule has 0 bridgehead atoms. The van der Waals surface area contributed by atoms with Crippen molar-refractivity contribution in [3.05, 3.63) is 51.9 Å². The second-order valence-corrected chi connectivity index (χ2v) is 7.42. The zero-order chi connectivity index (χ0) is 20.1. The van der Waals surface area contributed by atoms with Crippen LogP contribution < -0.4 is 4.90 Å². The van der Waals surface area contributed by atoms with Crippen LogP contribution in [0.2, 0.25) is 5.02 Å². The Kier molecular flexibility index (Phi) is 6.86. The summed E-state index contributed by atoms with van der Waals surface area (Å²) in [5, 5.41) is 0.715. The minimum Gasteiger partial charge on any atom is -0.378 e. The lowest BCUT2D eigenvalue weighted by Crippen LogP contribution is -2.49. The zero-order valence-corrected chi connectivity index (χ0v) is 17.5. The molecule has 150 valence electrons. The van der Waals surface area contributed by atoms with E-state index < -0.39 is 0 Å². The molecule has 6 nitrogen and oxygen atoms in total. The first kappa shape index (κ1) is 20.6. The van der Waals surface area contributed by atoms with Gasteiger partial charge in [0.05, 0.1) is 12.3 Å². The van der Waals surface area contributed by atoms with E-state index in [1.807, 2.05) is 36.9 Å². The summed E-state index contributed by atoms with van der Waals surface area (Å²) in [4.78, 5) is 25.6. The van der Waals surface area contributed by atoms with Crippen molar-refractivity contribution < 1.29 is 9.53 Å². The molecule has 0 unspecified atom stereocenters. The van der Waals surface area contributed by atoms with Gasteiger partial charge in [0.15, 0.2) is 0 Å². The highest BCUT2D eigenvalue weighted by Crippen LogP contribution is 2.27. The van der Waals surface area contributed by atoms with Gasteiger partial charge in [0, 0.05) is 56.7 Å². The van der Waals surface area contributed by atoms with Crippen molar-refractivity contribution >= 4 is 23.3 Å². The molecule has 0 spiro atoms. The monoisotopic (exact) mass is 402 g/mol. The minimum absolute atomic E-state index is 0.206. The first-order chi connectivity index (χ1) is 13.5. The molecule has 1 aliphatic heterocycles. The van der Waals surface area contributed by atoms with E-state index in [1.54, 1.807) is 7.11 Å². The van der Waals surface area contributed by atoms with Crippen LogP contribution in [0.1, 0.15) is 36.0 Å². The number of benzene rings is 1. The molecule has 1 aromatic carbocycles. The fourth-order valence-electron chi connectivity index (χ4n) is 3.58. The molecule has 0 radical (unpaired) electrons. The zero-order valence-electron chi connectivity index (χ0n) is 16.7. The summed E-state index contributed by atoms with van der Waals surface area (Å²) in [7, 11) is 1.68. The molecule has 1 aromatic heterocycles. The Labute approximate surface area is 171 Å². The van der Waals surface area contributed by atoms with Crippen molar-refractivity contribution in [1.29, 1.82) is 0 Å². The third-order valence-corrected chi connectivity index (χ3v) is 5.20. The van der Waals surface area contributed by atoms with Crippen LogP contribution in [-0.4, -0.2) is 54.1 Å². The van der Waals surface area contributed by atoms with Crippen molar-refractivity contribution in [3.63, 3.8) is 0 Å². The van der Waals surface area contributed by atoms with Crippen molar-refractivity contribution in [3.8, 4) is 0 Å². The average Bonchev–Trinajstić information content (AvgIpc) is 2.69. The first-order valence-corrected chi connectivity index (χ1v) is 10.0. The van der Waals surface area contributed by atoms with E-state index >= 15 is 0 Å². The van der Waals surface area contributed by atoms with Crippen LogP contribution in [0.15, 0.2) is 24.3 Å². The number of carbonyl (C=O) groups is 1. The summed E-state index contributed by atoms with van der Waals surface area (Å²) in [5.41, 5.74) is 3.07. The molecular weight excluding hydrogens is 376 g/mol. The molecule has 0 atom stereocenters. The van der Waals surface area contributed by atoms with Crippen molar-refractivity contribution in [2.24, 2.45) is 0 Å². The average molecular weight is 403 g/mol. The van der Waals surface area contributed by atoms with Gasteiger partial charge in [-0.25, -0.2) is 9.97 Å². The molecule has 2 heterocycles. The van der Waals surface area contributed by atoms with Gasteiger partial charge in [0.2, 0.25) is 5.91 Å². The summed E-state index contributed by atoms with van der Waals surface area (Å²) in [6.07, 6.45) is 1.23. The van der Waals surface area contributed by atoms with E-state index in [4.69, 9.17) is 21.3 Å². The van der Waals surface area contributed by atoms with E-state index in [2.05, 4.69) is 16.0 Å². The highest BCUT2D eigenvalue weighted by atomic mass is 35.5.